The van der Waals surface area contributed by atoms with Crippen molar-refractivity contribution in [3.05, 3.63) is 58.6 Å². The lowest BCUT2D eigenvalue weighted by Gasteiger charge is -2.08. The zero-order valence-corrected chi connectivity index (χ0v) is 10.1. The molecule has 0 aliphatic carbocycles. The maximum Gasteiger partial charge on any atom is 0.146 e. The van der Waals surface area contributed by atoms with E-state index in [0.29, 0.717) is 10.8 Å². The van der Waals surface area contributed by atoms with Crippen LogP contribution in [-0.2, 0) is 0 Å². The molecule has 1 nitrogen and oxygen atoms in total. The quantitative estimate of drug-likeness (QED) is 0.726. The molecule has 0 bridgehead atoms. The Bertz CT molecular complexity index is 506. The first-order valence-corrected chi connectivity index (χ1v) is 5.53. The molecule has 0 fully saturated rings. The zero-order valence-electron chi connectivity index (χ0n) is 9.33. The van der Waals surface area contributed by atoms with E-state index in [1.165, 1.54) is 5.56 Å². The van der Waals surface area contributed by atoms with Crippen LogP contribution in [0.15, 0.2) is 42.5 Å². The van der Waals surface area contributed by atoms with E-state index in [1.54, 1.807) is 0 Å². The van der Waals surface area contributed by atoms with Crippen molar-refractivity contribution >= 4 is 11.6 Å². The summed E-state index contributed by atoms with van der Waals surface area (Å²) in [6.07, 6.45) is 0. The van der Waals surface area contributed by atoms with Crippen molar-refractivity contribution in [1.29, 1.82) is 0 Å². The molecule has 0 N–H and O–H groups in total. The molecule has 2 rings (SSSR count). The van der Waals surface area contributed by atoms with Crippen molar-refractivity contribution in [2.24, 2.45) is 0 Å². The molecule has 0 amide bonds. The van der Waals surface area contributed by atoms with Gasteiger partial charge >= 0.3 is 0 Å². The number of ether oxygens (including phenoxy) is 1. The highest BCUT2D eigenvalue weighted by Crippen LogP contribution is 2.30. The standard InChI is InChI=1S/C14H13ClO/c1-10-4-3-5-12(8-10)16-14-7-6-11(2)9-13(14)15/h3-9H,1-2H3. The molecule has 2 aromatic carbocycles. The van der Waals surface area contributed by atoms with E-state index in [9.17, 15) is 0 Å². The Hall–Kier alpha value is -1.47. The van der Waals surface area contributed by atoms with Gasteiger partial charge in [-0.2, -0.15) is 0 Å². The van der Waals surface area contributed by atoms with Gasteiger partial charge in [-0.3, -0.25) is 0 Å². The van der Waals surface area contributed by atoms with E-state index in [2.05, 4.69) is 0 Å². The van der Waals surface area contributed by atoms with Gasteiger partial charge in [0, 0.05) is 0 Å². The molecular weight excluding hydrogens is 220 g/mol. The average Bonchev–Trinajstić information content (AvgIpc) is 2.22. The third-order valence-corrected chi connectivity index (χ3v) is 2.60. The molecule has 2 aromatic rings. The van der Waals surface area contributed by atoms with Crippen LogP contribution in [0.25, 0.3) is 0 Å². The third-order valence-electron chi connectivity index (χ3n) is 2.30. The number of benzene rings is 2. The van der Waals surface area contributed by atoms with Crippen LogP contribution in [0, 0.1) is 13.8 Å². The molecular formula is C14H13ClO. The van der Waals surface area contributed by atoms with Crippen molar-refractivity contribution < 1.29 is 4.74 Å². The summed E-state index contributed by atoms with van der Waals surface area (Å²) in [7, 11) is 0. The van der Waals surface area contributed by atoms with Crippen LogP contribution < -0.4 is 4.74 Å². The Kier molecular flexibility index (Phi) is 3.16. The summed E-state index contributed by atoms with van der Waals surface area (Å²) in [5.41, 5.74) is 2.29. The molecule has 0 spiro atoms. The minimum absolute atomic E-state index is 0.640. The van der Waals surface area contributed by atoms with E-state index < -0.39 is 0 Å². The van der Waals surface area contributed by atoms with Crippen molar-refractivity contribution in [2.75, 3.05) is 0 Å². The monoisotopic (exact) mass is 232 g/mol. The van der Waals surface area contributed by atoms with Crippen molar-refractivity contribution in [2.45, 2.75) is 13.8 Å². The molecule has 0 saturated heterocycles. The van der Waals surface area contributed by atoms with Crippen molar-refractivity contribution in [3.63, 3.8) is 0 Å². The zero-order chi connectivity index (χ0) is 11.5. The van der Waals surface area contributed by atoms with Crippen molar-refractivity contribution in [3.8, 4) is 11.5 Å². The Labute approximate surface area is 101 Å². The first-order chi connectivity index (χ1) is 7.65. The van der Waals surface area contributed by atoms with Crippen LogP contribution in [0.5, 0.6) is 11.5 Å². The van der Waals surface area contributed by atoms with Gasteiger partial charge in [0.25, 0.3) is 0 Å². The lowest BCUT2D eigenvalue weighted by molar-refractivity contribution is 0.482. The summed E-state index contributed by atoms with van der Waals surface area (Å²) < 4.78 is 5.71. The number of hydrogen-bond acceptors (Lipinski definition) is 1. The molecule has 0 unspecified atom stereocenters. The second-order valence-corrected chi connectivity index (χ2v) is 4.26. The van der Waals surface area contributed by atoms with Crippen molar-refractivity contribution in [1.82, 2.24) is 0 Å². The van der Waals surface area contributed by atoms with Crippen LogP contribution in [0.2, 0.25) is 5.02 Å². The predicted molar refractivity (Wildman–Crippen MR) is 67.4 cm³/mol. The van der Waals surface area contributed by atoms with Gasteiger partial charge in [-0.15, -0.1) is 0 Å². The van der Waals surface area contributed by atoms with E-state index in [4.69, 9.17) is 16.3 Å². The molecule has 0 radical (unpaired) electrons. The molecule has 0 atom stereocenters. The maximum atomic E-state index is 6.09. The Balaban J connectivity index is 2.27. The lowest BCUT2D eigenvalue weighted by atomic mass is 10.2. The lowest BCUT2D eigenvalue weighted by Crippen LogP contribution is -1.86. The Morgan fingerprint density at radius 3 is 2.38 bits per heavy atom. The fourth-order valence-electron chi connectivity index (χ4n) is 1.49. The minimum atomic E-state index is 0.640. The number of halogens is 1. The van der Waals surface area contributed by atoms with Gasteiger partial charge in [0.15, 0.2) is 0 Å². The van der Waals surface area contributed by atoms with Crippen LogP contribution in [0.1, 0.15) is 11.1 Å². The van der Waals surface area contributed by atoms with Gasteiger partial charge in [-0.25, -0.2) is 0 Å². The van der Waals surface area contributed by atoms with Crippen LogP contribution in [0.3, 0.4) is 0 Å². The summed E-state index contributed by atoms with van der Waals surface area (Å²) in [6, 6.07) is 13.7. The fraction of sp³-hybridized carbons (Fsp3) is 0.143. The van der Waals surface area contributed by atoms with E-state index in [-0.39, 0.29) is 0 Å². The third kappa shape index (κ3) is 2.56. The van der Waals surface area contributed by atoms with Crippen LogP contribution in [-0.4, -0.2) is 0 Å². The van der Waals surface area contributed by atoms with Gasteiger partial charge in [0.2, 0.25) is 0 Å². The van der Waals surface area contributed by atoms with Gasteiger partial charge < -0.3 is 4.74 Å². The minimum Gasteiger partial charge on any atom is -0.456 e. The highest BCUT2D eigenvalue weighted by Gasteiger charge is 2.03. The smallest absolute Gasteiger partial charge is 0.146 e. The molecule has 0 heterocycles. The van der Waals surface area contributed by atoms with Gasteiger partial charge in [0.1, 0.15) is 11.5 Å². The molecule has 0 saturated carbocycles. The average molecular weight is 233 g/mol. The van der Waals surface area contributed by atoms with Gasteiger partial charge in [0.05, 0.1) is 5.02 Å². The van der Waals surface area contributed by atoms with Crippen LogP contribution in [0.4, 0.5) is 0 Å². The SMILES string of the molecule is Cc1cccc(Oc2ccc(C)cc2Cl)c1. The normalized spacial score (nSPS) is 10.2. The van der Waals surface area contributed by atoms with E-state index in [1.807, 2.05) is 56.3 Å². The van der Waals surface area contributed by atoms with E-state index in [0.717, 1.165) is 11.3 Å². The highest BCUT2D eigenvalue weighted by molar-refractivity contribution is 6.32. The van der Waals surface area contributed by atoms with E-state index >= 15 is 0 Å². The molecule has 0 aliphatic rings. The fourth-order valence-corrected chi connectivity index (χ4v) is 1.77. The Morgan fingerprint density at radius 1 is 0.938 bits per heavy atom. The summed E-state index contributed by atoms with van der Waals surface area (Å²) in [6.45, 7) is 4.03. The molecule has 0 aromatic heterocycles. The second-order valence-electron chi connectivity index (χ2n) is 3.85. The maximum absolute atomic E-state index is 6.09. The topological polar surface area (TPSA) is 9.23 Å². The second kappa shape index (κ2) is 4.58. The largest absolute Gasteiger partial charge is 0.456 e. The molecule has 0 aliphatic heterocycles. The highest BCUT2D eigenvalue weighted by atomic mass is 35.5. The van der Waals surface area contributed by atoms with Gasteiger partial charge in [-0.1, -0.05) is 29.8 Å². The number of rotatable bonds is 2. The van der Waals surface area contributed by atoms with Crippen LogP contribution >= 0.6 is 11.6 Å². The summed E-state index contributed by atoms with van der Waals surface area (Å²) in [4.78, 5) is 0. The van der Waals surface area contributed by atoms with Gasteiger partial charge in [-0.05, 0) is 49.2 Å². The Morgan fingerprint density at radius 2 is 1.69 bits per heavy atom. The first kappa shape index (κ1) is 11.0. The summed E-state index contributed by atoms with van der Waals surface area (Å²) in [5.74, 6) is 1.50. The molecule has 2 heteroatoms. The number of hydrogen-bond donors (Lipinski definition) is 0. The summed E-state index contributed by atoms with van der Waals surface area (Å²) in [5, 5.41) is 0.640. The molecule has 16 heavy (non-hydrogen) atoms. The molecule has 82 valence electrons. The number of aryl methyl sites for hydroxylation is 2. The summed E-state index contributed by atoms with van der Waals surface area (Å²) >= 11 is 6.09. The predicted octanol–water partition coefficient (Wildman–Crippen LogP) is 4.75. The first-order valence-electron chi connectivity index (χ1n) is 5.16.